The summed E-state index contributed by atoms with van der Waals surface area (Å²) in [5, 5.41) is 3.44. The molecule has 1 atom stereocenters. The van der Waals surface area contributed by atoms with Crippen molar-refractivity contribution in [1.82, 2.24) is 10.2 Å². The molecule has 1 unspecified atom stereocenters. The van der Waals surface area contributed by atoms with Crippen LogP contribution in [0, 0.1) is 5.41 Å². The second-order valence-corrected chi connectivity index (χ2v) is 6.87. The number of hydrogen-bond acceptors (Lipinski definition) is 3. The highest BCUT2D eigenvalue weighted by atomic mass is 127. The molecule has 2 aliphatic rings. The van der Waals surface area contributed by atoms with Crippen LogP contribution in [0.3, 0.4) is 0 Å². The SMILES string of the molecule is CN=C(NCCCOCC1CCCO1)N1CCC(C)(C)C1.I. The van der Waals surface area contributed by atoms with Gasteiger partial charge in [-0.3, -0.25) is 4.99 Å². The molecule has 2 rings (SSSR count). The molecule has 2 aliphatic heterocycles. The molecule has 5 nitrogen and oxygen atoms in total. The first-order valence-corrected chi connectivity index (χ1v) is 8.26. The van der Waals surface area contributed by atoms with Gasteiger partial charge in [0.25, 0.3) is 0 Å². The number of halogens is 1. The fraction of sp³-hybridized carbons (Fsp3) is 0.938. The molecule has 0 aliphatic carbocycles. The second kappa shape index (κ2) is 9.93. The van der Waals surface area contributed by atoms with E-state index in [2.05, 4.69) is 29.1 Å². The summed E-state index contributed by atoms with van der Waals surface area (Å²) in [6.45, 7) is 10.2. The maximum Gasteiger partial charge on any atom is 0.193 e. The van der Waals surface area contributed by atoms with Gasteiger partial charge in [0.15, 0.2) is 5.96 Å². The Morgan fingerprint density at radius 3 is 2.86 bits per heavy atom. The van der Waals surface area contributed by atoms with Crippen molar-refractivity contribution in [1.29, 1.82) is 0 Å². The lowest BCUT2D eigenvalue weighted by atomic mass is 9.93. The van der Waals surface area contributed by atoms with Crippen LogP contribution < -0.4 is 5.32 Å². The van der Waals surface area contributed by atoms with Crippen molar-refractivity contribution in [3.05, 3.63) is 0 Å². The highest BCUT2D eigenvalue weighted by Gasteiger charge is 2.30. The minimum atomic E-state index is 0. The third-order valence-electron chi connectivity index (χ3n) is 4.27. The minimum absolute atomic E-state index is 0. The summed E-state index contributed by atoms with van der Waals surface area (Å²) in [6, 6.07) is 0. The fourth-order valence-corrected chi connectivity index (χ4v) is 2.99. The lowest BCUT2D eigenvalue weighted by Crippen LogP contribution is -2.41. The zero-order chi connectivity index (χ0) is 15.1. The molecule has 0 radical (unpaired) electrons. The first-order valence-electron chi connectivity index (χ1n) is 8.26. The molecule has 0 aromatic carbocycles. The zero-order valence-corrected chi connectivity index (χ0v) is 16.6. The van der Waals surface area contributed by atoms with Gasteiger partial charge in [-0.25, -0.2) is 0 Å². The maximum absolute atomic E-state index is 5.67. The summed E-state index contributed by atoms with van der Waals surface area (Å²) in [5.41, 5.74) is 0.405. The van der Waals surface area contributed by atoms with Crippen molar-refractivity contribution >= 4 is 29.9 Å². The molecule has 0 saturated carbocycles. The molecule has 6 heteroatoms. The van der Waals surface area contributed by atoms with E-state index in [1.54, 1.807) is 0 Å². The molecule has 0 aromatic heterocycles. The molecular weight excluding hydrogens is 393 g/mol. The van der Waals surface area contributed by atoms with Gasteiger partial charge in [-0.2, -0.15) is 0 Å². The summed E-state index contributed by atoms with van der Waals surface area (Å²) in [6.07, 6.45) is 4.90. The minimum Gasteiger partial charge on any atom is -0.379 e. The van der Waals surface area contributed by atoms with Gasteiger partial charge in [0.05, 0.1) is 12.7 Å². The number of guanidine groups is 1. The highest BCUT2D eigenvalue weighted by Crippen LogP contribution is 2.28. The van der Waals surface area contributed by atoms with E-state index in [0.717, 1.165) is 58.3 Å². The van der Waals surface area contributed by atoms with Crippen LogP contribution in [0.1, 0.15) is 39.5 Å². The molecule has 130 valence electrons. The van der Waals surface area contributed by atoms with Crippen LogP contribution >= 0.6 is 24.0 Å². The largest absolute Gasteiger partial charge is 0.379 e. The Morgan fingerprint density at radius 1 is 1.45 bits per heavy atom. The Morgan fingerprint density at radius 2 is 2.27 bits per heavy atom. The van der Waals surface area contributed by atoms with Crippen molar-refractivity contribution in [2.24, 2.45) is 10.4 Å². The van der Waals surface area contributed by atoms with Crippen LogP contribution in [0.4, 0.5) is 0 Å². The first kappa shape index (κ1) is 20.0. The molecule has 22 heavy (non-hydrogen) atoms. The smallest absolute Gasteiger partial charge is 0.193 e. The molecule has 0 aromatic rings. The summed E-state index contributed by atoms with van der Waals surface area (Å²) in [7, 11) is 1.86. The molecule has 1 N–H and O–H groups in total. The average molecular weight is 425 g/mol. The van der Waals surface area contributed by atoms with Crippen molar-refractivity contribution in [2.45, 2.75) is 45.6 Å². The van der Waals surface area contributed by atoms with E-state index >= 15 is 0 Å². The molecule has 0 spiro atoms. The van der Waals surface area contributed by atoms with Crippen LogP contribution in [-0.4, -0.2) is 63.5 Å². The van der Waals surface area contributed by atoms with Crippen LogP contribution in [0.2, 0.25) is 0 Å². The van der Waals surface area contributed by atoms with Crippen LogP contribution in [0.25, 0.3) is 0 Å². The molecule has 2 fully saturated rings. The van der Waals surface area contributed by atoms with Gasteiger partial charge in [-0.15, -0.1) is 24.0 Å². The standard InChI is InChI=1S/C16H31N3O2.HI/c1-16(2)7-9-19(13-16)15(17-3)18-8-5-10-20-12-14-6-4-11-21-14;/h14H,4-13H2,1-3H3,(H,17,18);1H. The van der Waals surface area contributed by atoms with Crippen molar-refractivity contribution in [3.63, 3.8) is 0 Å². The van der Waals surface area contributed by atoms with E-state index in [-0.39, 0.29) is 24.0 Å². The van der Waals surface area contributed by atoms with E-state index < -0.39 is 0 Å². The van der Waals surface area contributed by atoms with Gasteiger partial charge in [0, 0.05) is 39.9 Å². The third kappa shape index (κ3) is 6.58. The monoisotopic (exact) mass is 425 g/mol. The summed E-state index contributed by atoms with van der Waals surface area (Å²) in [4.78, 5) is 6.74. The Balaban J connectivity index is 0.00000242. The van der Waals surface area contributed by atoms with E-state index in [4.69, 9.17) is 9.47 Å². The lowest BCUT2D eigenvalue weighted by molar-refractivity contribution is 0.0168. The molecule has 0 bridgehead atoms. The van der Waals surface area contributed by atoms with E-state index in [0.29, 0.717) is 11.5 Å². The number of ether oxygens (including phenoxy) is 2. The van der Waals surface area contributed by atoms with Gasteiger partial charge in [-0.05, 0) is 31.1 Å². The zero-order valence-electron chi connectivity index (χ0n) is 14.3. The third-order valence-corrected chi connectivity index (χ3v) is 4.27. The number of hydrogen-bond donors (Lipinski definition) is 1. The van der Waals surface area contributed by atoms with Crippen molar-refractivity contribution < 1.29 is 9.47 Å². The Bertz CT molecular complexity index is 344. The van der Waals surface area contributed by atoms with E-state index in [1.165, 1.54) is 12.8 Å². The summed E-state index contributed by atoms with van der Waals surface area (Å²) >= 11 is 0. The van der Waals surface area contributed by atoms with Crippen LogP contribution in [-0.2, 0) is 9.47 Å². The maximum atomic E-state index is 5.67. The predicted molar refractivity (Wildman–Crippen MR) is 101 cm³/mol. The van der Waals surface area contributed by atoms with Gasteiger partial charge in [0.1, 0.15) is 0 Å². The molecule has 2 heterocycles. The second-order valence-electron chi connectivity index (χ2n) is 6.87. The molecular formula is C16H32IN3O2. The normalized spacial score (nSPS) is 24.4. The average Bonchev–Trinajstić information content (AvgIpc) is 3.07. The lowest BCUT2D eigenvalue weighted by Gasteiger charge is -2.23. The van der Waals surface area contributed by atoms with Gasteiger partial charge < -0.3 is 19.7 Å². The quantitative estimate of drug-likeness (QED) is 0.308. The molecule has 2 saturated heterocycles. The topological polar surface area (TPSA) is 46.1 Å². The van der Waals surface area contributed by atoms with Crippen molar-refractivity contribution in [3.8, 4) is 0 Å². The number of rotatable bonds is 6. The summed E-state index contributed by atoms with van der Waals surface area (Å²) in [5.74, 6) is 1.03. The van der Waals surface area contributed by atoms with Crippen LogP contribution in [0.5, 0.6) is 0 Å². The number of likely N-dealkylation sites (tertiary alicyclic amines) is 1. The first-order chi connectivity index (χ1) is 10.1. The Hall–Kier alpha value is -0.0800. The van der Waals surface area contributed by atoms with E-state index in [9.17, 15) is 0 Å². The predicted octanol–water partition coefficient (Wildman–Crippen LogP) is 2.50. The van der Waals surface area contributed by atoms with Crippen LogP contribution in [0.15, 0.2) is 4.99 Å². The number of nitrogens with zero attached hydrogens (tertiary/aromatic N) is 2. The van der Waals surface area contributed by atoms with Gasteiger partial charge in [0.2, 0.25) is 0 Å². The highest BCUT2D eigenvalue weighted by molar-refractivity contribution is 14.0. The summed E-state index contributed by atoms with van der Waals surface area (Å²) < 4.78 is 11.2. The Labute approximate surface area is 152 Å². The number of aliphatic imine (C=N–C) groups is 1. The Kier molecular flexibility index (Phi) is 9.01. The fourth-order valence-electron chi connectivity index (χ4n) is 2.99. The molecule has 0 amide bonds. The van der Waals surface area contributed by atoms with E-state index in [1.807, 2.05) is 7.05 Å². The number of nitrogens with one attached hydrogen (secondary N) is 1. The van der Waals surface area contributed by atoms with Gasteiger partial charge >= 0.3 is 0 Å². The van der Waals surface area contributed by atoms with Gasteiger partial charge in [-0.1, -0.05) is 13.8 Å². The van der Waals surface area contributed by atoms with Crippen molar-refractivity contribution in [2.75, 3.05) is 46.5 Å².